The van der Waals surface area contributed by atoms with Gasteiger partial charge in [0.15, 0.2) is 0 Å². The molecule has 0 unspecified atom stereocenters. The van der Waals surface area contributed by atoms with E-state index < -0.39 is 0 Å². The molecule has 3 rings (SSSR count). The molecule has 0 saturated heterocycles. The Bertz CT molecular complexity index is 559. The van der Waals surface area contributed by atoms with Crippen LogP contribution < -0.4 is 0 Å². The molecule has 0 amide bonds. The van der Waals surface area contributed by atoms with Gasteiger partial charge >= 0.3 is 0 Å². The molecule has 0 N–H and O–H groups in total. The minimum Gasteiger partial charge on any atom is -0.313 e. The summed E-state index contributed by atoms with van der Waals surface area (Å²) in [5.74, 6) is 2.15. The van der Waals surface area contributed by atoms with E-state index in [1.165, 1.54) is 0 Å². The summed E-state index contributed by atoms with van der Waals surface area (Å²) in [4.78, 5) is 11.0. The maximum atomic E-state index is 4.40. The van der Waals surface area contributed by atoms with Gasteiger partial charge in [-0.2, -0.15) is 0 Å². The number of hydrogen-bond donors (Lipinski definition) is 0. The lowest BCUT2D eigenvalue weighted by molar-refractivity contribution is 0.205. The van der Waals surface area contributed by atoms with Crippen LogP contribution in [0.25, 0.3) is 0 Å². The first kappa shape index (κ1) is 12.2. The van der Waals surface area contributed by atoms with Crippen LogP contribution in [0.3, 0.4) is 0 Å². The van der Waals surface area contributed by atoms with Crippen molar-refractivity contribution in [2.45, 2.75) is 39.9 Å². The summed E-state index contributed by atoms with van der Waals surface area (Å²) in [7, 11) is 0. The fourth-order valence-electron chi connectivity index (χ4n) is 2.39. The van der Waals surface area contributed by atoms with E-state index in [0.717, 1.165) is 55.6 Å². The first-order chi connectivity index (χ1) is 9.26. The second-order valence-corrected chi connectivity index (χ2v) is 4.90. The van der Waals surface area contributed by atoms with Gasteiger partial charge in [0, 0.05) is 38.4 Å². The highest BCUT2D eigenvalue weighted by Gasteiger charge is 2.20. The number of fused-ring (bicyclic) bond motifs is 1. The molecule has 1 aliphatic heterocycles. The lowest BCUT2D eigenvalue weighted by Gasteiger charge is -2.27. The zero-order chi connectivity index (χ0) is 13.2. The van der Waals surface area contributed by atoms with E-state index >= 15 is 0 Å². The maximum absolute atomic E-state index is 4.40. The van der Waals surface area contributed by atoms with Crippen molar-refractivity contribution < 1.29 is 0 Å². The van der Waals surface area contributed by atoms with Crippen molar-refractivity contribution in [2.75, 3.05) is 6.54 Å². The topological polar surface area (TPSA) is 59.7 Å². The van der Waals surface area contributed by atoms with Crippen LogP contribution in [0.1, 0.15) is 30.0 Å². The van der Waals surface area contributed by atoms with E-state index in [1.807, 2.05) is 19.3 Å². The highest BCUT2D eigenvalue weighted by molar-refractivity contribution is 5.03. The standard InChI is InChI=1S/C13H18N6/c1-3-12-16-17-13-9-18(4-5-19(12)13)8-11-7-14-10(2)6-15-11/h6-7H,3-5,8-9H2,1-2H3. The molecule has 0 spiro atoms. The molecule has 0 saturated carbocycles. The van der Waals surface area contributed by atoms with Gasteiger partial charge < -0.3 is 4.57 Å². The fourth-order valence-corrected chi connectivity index (χ4v) is 2.39. The Morgan fingerprint density at radius 3 is 2.79 bits per heavy atom. The third-order valence-electron chi connectivity index (χ3n) is 3.45. The second-order valence-electron chi connectivity index (χ2n) is 4.90. The van der Waals surface area contributed by atoms with E-state index in [9.17, 15) is 0 Å². The van der Waals surface area contributed by atoms with Gasteiger partial charge in [0.05, 0.1) is 17.9 Å². The summed E-state index contributed by atoms with van der Waals surface area (Å²) in [5, 5.41) is 8.50. The molecular formula is C13H18N6. The highest BCUT2D eigenvalue weighted by atomic mass is 15.3. The maximum Gasteiger partial charge on any atom is 0.147 e. The van der Waals surface area contributed by atoms with Crippen LogP contribution in [-0.4, -0.2) is 36.2 Å². The van der Waals surface area contributed by atoms with Gasteiger partial charge in [0.1, 0.15) is 11.6 Å². The molecule has 1 aliphatic rings. The van der Waals surface area contributed by atoms with Gasteiger partial charge in [-0.1, -0.05) is 6.92 Å². The van der Waals surface area contributed by atoms with Crippen LogP contribution >= 0.6 is 0 Å². The second kappa shape index (κ2) is 5.05. The van der Waals surface area contributed by atoms with Gasteiger partial charge in [0.25, 0.3) is 0 Å². The average Bonchev–Trinajstić information content (AvgIpc) is 2.83. The molecule has 2 aromatic rings. The third-order valence-corrected chi connectivity index (χ3v) is 3.45. The molecule has 3 heterocycles. The molecule has 0 fully saturated rings. The van der Waals surface area contributed by atoms with Gasteiger partial charge in [-0.25, -0.2) is 0 Å². The Labute approximate surface area is 112 Å². The predicted molar refractivity (Wildman–Crippen MR) is 70.3 cm³/mol. The minimum absolute atomic E-state index is 0.821. The van der Waals surface area contributed by atoms with Gasteiger partial charge in [-0.15, -0.1) is 10.2 Å². The normalized spacial score (nSPS) is 15.5. The summed E-state index contributed by atoms with van der Waals surface area (Å²) in [5.41, 5.74) is 1.96. The van der Waals surface area contributed by atoms with Crippen LogP contribution in [0.2, 0.25) is 0 Å². The fraction of sp³-hybridized carbons (Fsp3) is 0.538. The summed E-state index contributed by atoms with van der Waals surface area (Å²) in [6.45, 7) is 7.69. The average molecular weight is 258 g/mol. The van der Waals surface area contributed by atoms with Crippen LogP contribution in [0.4, 0.5) is 0 Å². The summed E-state index contributed by atoms with van der Waals surface area (Å²) in [6, 6.07) is 0. The smallest absolute Gasteiger partial charge is 0.147 e. The van der Waals surface area contributed by atoms with E-state index in [2.05, 4.69) is 36.6 Å². The molecule has 0 aliphatic carbocycles. The van der Waals surface area contributed by atoms with Crippen molar-refractivity contribution in [3.8, 4) is 0 Å². The Morgan fingerprint density at radius 1 is 1.16 bits per heavy atom. The number of rotatable bonds is 3. The lowest BCUT2D eigenvalue weighted by atomic mass is 10.3. The summed E-state index contributed by atoms with van der Waals surface area (Å²) in [6.07, 6.45) is 4.61. The van der Waals surface area contributed by atoms with Crippen molar-refractivity contribution in [3.05, 3.63) is 35.4 Å². The van der Waals surface area contributed by atoms with Gasteiger partial charge in [-0.05, 0) is 6.92 Å². The Balaban J connectivity index is 1.70. The van der Waals surface area contributed by atoms with E-state index in [1.54, 1.807) is 0 Å². The van der Waals surface area contributed by atoms with Crippen molar-refractivity contribution in [3.63, 3.8) is 0 Å². The molecule has 6 heteroatoms. The van der Waals surface area contributed by atoms with E-state index in [4.69, 9.17) is 0 Å². The third kappa shape index (κ3) is 2.49. The van der Waals surface area contributed by atoms with Gasteiger partial charge in [0.2, 0.25) is 0 Å². The molecule has 0 aromatic carbocycles. The summed E-state index contributed by atoms with van der Waals surface area (Å²) >= 11 is 0. The molecule has 6 nitrogen and oxygen atoms in total. The monoisotopic (exact) mass is 258 g/mol. The van der Waals surface area contributed by atoms with Crippen molar-refractivity contribution in [1.29, 1.82) is 0 Å². The molecule has 0 bridgehead atoms. The Kier molecular flexibility index (Phi) is 3.25. The number of aryl methyl sites for hydroxylation is 2. The predicted octanol–water partition coefficient (Wildman–Crippen LogP) is 0.955. The zero-order valence-corrected chi connectivity index (χ0v) is 11.4. The summed E-state index contributed by atoms with van der Waals surface area (Å²) < 4.78 is 2.23. The van der Waals surface area contributed by atoms with E-state index in [-0.39, 0.29) is 0 Å². The molecule has 2 aromatic heterocycles. The molecule has 19 heavy (non-hydrogen) atoms. The SMILES string of the molecule is CCc1nnc2n1CCN(Cc1cnc(C)cn1)C2. The first-order valence-electron chi connectivity index (χ1n) is 6.67. The van der Waals surface area contributed by atoms with Crippen molar-refractivity contribution >= 4 is 0 Å². The number of nitrogens with zero attached hydrogens (tertiary/aromatic N) is 6. The van der Waals surface area contributed by atoms with Gasteiger partial charge in [-0.3, -0.25) is 14.9 Å². The quantitative estimate of drug-likeness (QED) is 0.820. The van der Waals surface area contributed by atoms with Crippen LogP contribution in [-0.2, 0) is 26.1 Å². The zero-order valence-electron chi connectivity index (χ0n) is 11.4. The molecule has 0 atom stereocenters. The molecule has 100 valence electrons. The highest BCUT2D eigenvalue weighted by Crippen LogP contribution is 2.14. The minimum atomic E-state index is 0.821. The first-order valence-corrected chi connectivity index (χ1v) is 6.67. The van der Waals surface area contributed by atoms with E-state index in [0.29, 0.717) is 0 Å². The molecular weight excluding hydrogens is 240 g/mol. The largest absolute Gasteiger partial charge is 0.313 e. The number of aromatic nitrogens is 5. The molecule has 0 radical (unpaired) electrons. The van der Waals surface area contributed by atoms with Crippen molar-refractivity contribution in [2.24, 2.45) is 0 Å². The Hall–Kier alpha value is -1.82. The number of hydrogen-bond acceptors (Lipinski definition) is 5. The Morgan fingerprint density at radius 2 is 2.05 bits per heavy atom. The van der Waals surface area contributed by atoms with Crippen LogP contribution in [0, 0.1) is 6.92 Å². The van der Waals surface area contributed by atoms with Crippen LogP contribution in [0.15, 0.2) is 12.4 Å². The lowest BCUT2D eigenvalue weighted by Crippen LogP contribution is -2.34. The van der Waals surface area contributed by atoms with Crippen molar-refractivity contribution in [1.82, 2.24) is 29.6 Å². The van der Waals surface area contributed by atoms with Crippen LogP contribution in [0.5, 0.6) is 0 Å².